The summed E-state index contributed by atoms with van der Waals surface area (Å²) in [6.45, 7) is 0. The molecule has 172 valence electrons. The molecule has 1 aliphatic carbocycles. The fourth-order valence-electron chi connectivity index (χ4n) is 3.86. The molecule has 1 fully saturated rings. The molecule has 0 unspecified atom stereocenters. The summed E-state index contributed by atoms with van der Waals surface area (Å²) in [6, 6.07) is 4.94. The zero-order chi connectivity index (χ0) is 23.4. The van der Waals surface area contributed by atoms with E-state index in [9.17, 15) is 18.0 Å². The quantitative estimate of drug-likeness (QED) is 0.576. The molecule has 3 heterocycles. The van der Waals surface area contributed by atoms with Crippen molar-refractivity contribution in [3.8, 4) is 11.3 Å². The number of amides is 2. The average Bonchev–Trinajstić information content (AvgIpc) is 2.81. The second kappa shape index (κ2) is 9.39. The lowest BCUT2D eigenvalue weighted by Gasteiger charge is -2.34. The number of nitrogens with two attached hydrogens (primary N) is 1. The number of nitrogens with zero attached hydrogens (tertiary/aromatic N) is 5. The summed E-state index contributed by atoms with van der Waals surface area (Å²) in [5.74, 6) is 0.496. The summed E-state index contributed by atoms with van der Waals surface area (Å²) in [5.41, 5.74) is 5.96. The number of nitrogen functional groups attached to an aromatic ring is 1. The lowest BCUT2D eigenvalue weighted by Crippen LogP contribution is -2.45. The van der Waals surface area contributed by atoms with Crippen LogP contribution in [0.3, 0.4) is 0 Å². The van der Waals surface area contributed by atoms with E-state index in [1.807, 2.05) is 0 Å². The Bertz CT molecular complexity index is 1120. The normalized spacial score (nSPS) is 14.6. The van der Waals surface area contributed by atoms with Crippen LogP contribution in [0.4, 0.5) is 35.3 Å². The number of carbonyl (C=O) groups is 1. The Hall–Kier alpha value is -3.76. The Morgan fingerprint density at radius 3 is 2.58 bits per heavy atom. The van der Waals surface area contributed by atoms with Gasteiger partial charge in [0.2, 0.25) is 0 Å². The van der Waals surface area contributed by atoms with Crippen molar-refractivity contribution < 1.29 is 18.0 Å². The Morgan fingerprint density at radius 2 is 1.88 bits per heavy atom. The first-order chi connectivity index (χ1) is 15.8. The minimum absolute atomic E-state index is 0.162. The van der Waals surface area contributed by atoms with Crippen LogP contribution in [0.25, 0.3) is 11.3 Å². The van der Waals surface area contributed by atoms with Gasteiger partial charge in [-0.3, -0.25) is 15.2 Å². The third kappa shape index (κ3) is 5.18. The molecule has 2 amide bonds. The zero-order valence-corrected chi connectivity index (χ0v) is 17.6. The van der Waals surface area contributed by atoms with Gasteiger partial charge in [0, 0.05) is 30.2 Å². The van der Waals surface area contributed by atoms with Crippen molar-refractivity contribution in [1.29, 1.82) is 0 Å². The van der Waals surface area contributed by atoms with Crippen LogP contribution in [0.1, 0.15) is 37.7 Å². The van der Waals surface area contributed by atoms with Gasteiger partial charge in [-0.2, -0.15) is 13.2 Å². The van der Waals surface area contributed by atoms with Gasteiger partial charge < -0.3 is 5.73 Å². The van der Waals surface area contributed by atoms with Crippen molar-refractivity contribution in [2.75, 3.05) is 16.0 Å². The van der Waals surface area contributed by atoms with E-state index in [4.69, 9.17) is 5.73 Å². The molecule has 1 aliphatic rings. The first-order valence-electron chi connectivity index (χ1n) is 10.5. The molecule has 33 heavy (non-hydrogen) atoms. The SMILES string of the molecule is Nc1ccc(-c2cncc(C(F)(F)F)c2)nc1N(C(=O)Nc1ccncn1)C1CCCCC1. The molecule has 0 aliphatic heterocycles. The fourth-order valence-corrected chi connectivity index (χ4v) is 3.86. The number of hydrogen-bond donors (Lipinski definition) is 2. The number of urea groups is 1. The molecule has 8 nitrogen and oxygen atoms in total. The largest absolute Gasteiger partial charge is 0.417 e. The smallest absolute Gasteiger partial charge is 0.396 e. The summed E-state index contributed by atoms with van der Waals surface area (Å²) < 4.78 is 39.5. The maximum atomic E-state index is 13.3. The highest BCUT2D eigenvalue weighted by molar-refractivity contribution is 6.03. The van der Waals surface area contributed by atoms with Crippen LogP contribution in [0.5, 0.6) is 0 Å². The minimum atomic E-state index is -4.54. The summed E-state index contributed by atoms with van der Waals surface area (Å²) in [5, 5.41) is 2.73. The molecule has 11 heteroatoms. The maximum absolute atomic E-state index is 13.3. The number of carbonyl (C=O) groups excluding carboxylic acids is 1. The van der Waals surface area contributed by atoms with E-state index in [1.165, 1.54) is 35.8 Å². The maximum Gasteiger partial charge on any atom is 0.417 e. The molecule has 3 aromatic rings. The summed E-state index contributed by atoms with van der Waals surface area (Å²) in [6.07, 6.45) is 4.80. The minimum Gasteiger partial charge on any atom is -0.396 e. The van der Waals surface area contributed by atoms with Gasteiger partial charge in [-0.15, -0.1) is 0 Å². The number of nitrogens with one attached hydrogen (secondary N) is 1. The van der Waals surface area contributed by atoms with Crippen LogP contribution >= 0.6 is 0 Å². The molecular weight excluding hydrogens is 435 g/mol. The van der Waals surface area contributed by atoms with Crippen LogP contribution in [0, 0.1) is 0 Å². The van der Waals surface area contributed by atoms with Crippen molar-refractivity contribution in [3.05, 3.63) is 54.7 Å². The third-order valence-electron chi connectivity index (χ3n) is 5.47. The highest BCUT2D eigenvalue weighted by Gasteiger charge is 2.32. The van der Waals surface area contributed by atoms with E-state index in [2.05, 4.69) is 25.3 Å². The van der Waals surface area contributed by atoms with Crippen LogP contribution < -0.4 is 16.0 Å². The number of pyridine rings is 2. The van der Waals surface area contributed by atoms with Crippen LogP contribution in [0.2, 0.25) is 0 Å². The molecule has 1 saturated carbocycles. The molecule has 0 radical (unpaired) electrons. The monoisotopic (exact) mass is 457 g/mol. The number of hydrogen-bond acceptors (Lipinski definition) is 6. The number of alkyl halides is 3. The van der Waals surface area contributed by atoms with Crippen molar-refractivity contribution >= 4 is 23.4 Å². The Labute approximate surface area is 188 Å². The van der Waals surface area contributed by atoms with Gasteiger partial charge in [-0.1, -0.05) is 19.3 Å². The highest BCUT2D eigenvalue weighted by Crippen LogP contribution is 2.34. The van der Waals surface area contributed by atoms with Gasteiger partial charge in [0.15, 0.2) is 5.82 Å². The van der Waals surface area contributed by atoms with Gasteiger partial charge in [0.25, 0.3) is 0 Å². The van der Waals surface area contributed by atoms with Crippen LogP contribution in [-0.2, 0) is 6.18 Å². The predicted octanol–water partition coefficient (Wildman–Crippen LogP) is 4.91. The molecule has 3 N–H and O–H groups in total. The second-order valence-corrected chi connectivity index (χ2v) is 7.76. The summed E-state index contributed by atoms with van der Waals surface area (Å²) in [7, 11) is 0. The van der Waals surface area contributed by atoms with E-state index in [1.54, 1.807) is 6.07 Å². The molecule has 0 bridgehead atoms. The molecule has 3 aromatic heterocycles. The Kier molecular flexibility index (Phi) is 6.38. The standard InChI is InChI=1S/C22H22F3N7O/c23-22(24,25)15-10-14(11-28-12-15)18-7-6-17(26)20(30-18)32(16-4-2-1-3-5-16)21(33)31-19-8-9-27-13-29-19/h6-13,16H,1-5,26H2,(H,27,29,31,33). The van der Waals surface area contributed by atoms with Gasteiger partial charge in [0.1, 0.15) is 12.1 Å². The molecule has 0 saturated heterocycles. The van der Waals surface area contributed by atoms with Crippen LogP contribution in [0.15, 0.2) is 49.2 Å². The number of anilines is 3. The highest BCUT2D eigenvalue weighted by atomic mass is 19.4. The lowest BCUT2D eigenvalue weighted by molar-refractivity contribution is -0.137. The van der Waals surface area contributed by atoms with Crippen LogP contribution in [-0.4, -0.2) is 32.0 Å². The molecule has 4 rings (SSSR count). The van der Waals surface area contributed by atoms with E-state index < -0.39 is 17.8 Å². The van der Waals surface area contributed by atoms with Gasteiger partial charge in [-0.25, -0.2) is 19.7 Å². The van der Waals surface area contributed by atoms with Gasteiger partial charge in [0.05, 0.1) is 16.9 Å². The van der Waals surface area contributed by atoms with Crippen molar-refractivity contribution in [1.82, 2.24) is 19.9 Å². The van der Waals surface area contributed by atoms with E-state index in [0.29, 0.717) is 5.82 Å². The molecule has 0 atom stereocenters. The summed E-state index contributed by atoms with van der Waals surface area (Å²) in [4.78, 5) is 30.9. The Balaban J connectivity index is 1.73. The van der Waals surface area contributed by atoms with Gasteiger partial charge >= 0.3 is 12.2 Å². The third-order valence-corrected chi connectivity index (χ3v) is 5.47. The van der Waals surface area contributed by atoms with E-state index >= 15 is 0 Å². The first-order valence-corrected chi connectivity index (χ1v) is 10.5. The zero-order valence-electron chi connectivity index (χ0n) is 17.6. The molecular formula is C22H22F3N7O. The predicted molar refractivity (Wildman–Crippen MR) is 117 cm³/mol. The number of rotatable bonds is 4. The van der Waals surface area contributed by atoms with Crippen molar-refractivity contribution in [2.24, 2.45) is 0 Å². The summed E-state index contributed by atoms with van der Waals surface area (Å²) >= 11 is 0. The van der Waals surface area contributed by atoms with E-state index in [-0.39, 0.29) is 28.8 Å². The Morgan fingerprint density at radius 1 is 1.09 bits per heavy atom. The average molecular weight is 457 g/mol. The first kappa shape index (κ1) is 22.4. The second-order valence-electron chi connectivity index (χ2n) is 7.76. The van der Waals surface area contributed by atoms with Crippen molar-refractivity contribution in [3.63, 3.8) is 0 Å². The van der Waals surface area contributed by atoms with Crippen molar-refractivity contribution in [2.45, 2.75) is 44.3 Å². The number of aromatic nitrogens is 4. The lowest BCUT2D eigenvalue weighted by atomic mass is 9.94. The van der Waals surface area contributed by atoms with Gasteiger partial charge in [-0.05, 0) is 37.1 Å². The number of halogens is 3. The van der Waals surface area contributed by atoms with E-state index in [0.717, 1.165) is 44.4 Å². The molecule has 0 spiro atoms. The fraction of sp³-hybridized carbons (Fsp3) is 0.318. The topological polar surface area (TPSA) is 110 Å². The molecule has 0 aromatic carbocycles.